The number of rotatable bonds is 5. The number of carboxylic acid groups (broad SMARTS) is 1. The molecule has 0 bridgehead atoms. The highest BCUT2D eigenvalue weighted by atomic mass is 32.2. The van der Waals surface area contributed by atoms with Gasteiger partial charge in [-0.15, -0.1) is 5.92 Å². The Morgan fingerprint density at radius 3 is 2.60 bits per heavy atom. The van der Waals surface area contributed by atoms with Gasteiger partial charge in [0.15, 0.2) is 6.10 Å². The van der Waals surface area contributed by atoms with Crippen LogP contribution in [0.2, 0.25) is 0 Å². The summed E-state index contributed by atoms with van der Waals surface area (Å²) in [6.07, 6.45) is -0.308. The van der Waals surface area contributed by atoms with Crippen LogP contribution in [0.1, 0.15) is 20.8 Å². The molecule has 0 amide bonds. The second kappa shape index (κ2) is 7.87. The molecule has 8 heteroatoms. The maximum absolute atomic E-state index is 12.9. The van der Waals surface area contributed by atoms with Gasteiger partial charge in [-0.2, -0.15) is 4.31 Å². The van der Waals surface area contributed by atoms with Crippen molar-refractivity contribution in [2.45, 2.75) is 43.9 Å². The molecule has 0 saturated carbocycles. The number of hydrogen-bond acceptors (Lipinski definition) is 5. The lowest BCUT2D eigenvalue weighted by molar-refractivity contribution is -0.143. The van der Waals surface area contributed by atoms with Gasteiger partial charge in [-0.3, -0.25) is 4.79 Å². The van der Waals surface area contributed by atoms with Crippen molar-refractivity contribution in [2.75, 3.05) is 13.1 Å². The molecule has 0 aromatic heterocycles. The molecule has 1 heterocycles. The summed E-state index contributed by atoms with van der Waals surface area (Å²) in [5, 5.41) is 12.4. The maximum atomic E-state index is 12.9. The van der Waals surface area contributed by atoms with E-state index in [4.69, 9.17) is 4.74 Å². The summed E-state index contributed by atoms with van der Waals surface area (Å²) in [5.74, 6) is 4.92. The van der Waals surface area contributed by atoms with Gasteiger partial charge < -0.3 is 15.2 Å². The molecule has 3 atom stereocenters. The van der Waals surface area contributed by atoms with Crippen molar-refractivity contribution in [1.82, 2.24) is 9.62 Å². The van der Waals surface area contributed by atoms with E-state index in [2.05, 4.69) is 17.2 Å². The van der Waals surface area contributed by atoms with Gasteiger partial charge in [0.2, 0.25) is 10.0 Å². The highest BCUT2D eigenvalue weighted by molar-refractivity contribution is 7.89. The van der Waals surface area contributed by atoms with Crippen LogP contribution in [0.5, 0.6) is 5.75 Å². The number of ether oxygens (including phenoxy) is 1. The molecule has 0 radical (unpaired) electrons. The largest absolute Gasteiger partial charge is 0.480 e. The fourth-order valence-corrected chi connectivity index (χ4v) is 4.43. The number of hydrogen-bond donors (Lipinski definition) is 2. The van der Waals surface area contributed by atoms with Crippen LogP contribution in [-0.2, 0) is 14.8 Å². The van der Waals surface area contributed by atoms with Crippen LogP contribution in [0.15, 0.2) is 29.2 Å². The first-order valence-electron chi connectivity index (χ1n) is 7.94. The Bertz CT molecular complexity index is 779. The number of benzene rings is 1. The predicted molar refractivity (Wildman–Crippen MR) is 92.8 cm³/mol. The Morgan fingerprint density at radius 1 is 1.40 bits per heavy atom. The quantitative estimate of drug-likeness (QED) is 0.752. The van der Waals surface area contributed by atoms with E-state index in [1.165, 1.54) is 12.1 Å². The molecule has 1 aliphatic rings. The zero-order valence-electron chi connectivity index (χ0n) is 14.4. The normalized spacial score (nSPS) is 22.5. The maximum Gasteiger partial charge on any atom is 0.323 e. The minimum Gasteiger partial charge on any atom is -0.480 e. The van der Waals surface area contributed by atoms with Crippen LogP contribution in [0.3, 0.4) is 0 Å². The fourth-order valence-electron chi connectivity index (χ4n) is 2.77. The van der Waals surface area contributed by atoms with E-state index in [1.54, 1.807) is 32.9 Å². The zero-order valence-corrected chi connectivity index (χ0v) is 15.2. The van der Waals surface area contributed by atoms with Gasteiger partial charge in [-0.1, -0.05) is 5.92 Å². The van der Waals surface area contributed by atoms with E-state index in [9.17, 15) is 18.3 Å². The molecule has 1 fully saturated rings. The van der Waals surface area contributed by atoms with Crippen LogP contribution < -0.4 is 10.1 Å². The Balaban J connectivity index is 2.26. The summed E-state index contributed by atoms with van der Waals surface area (Å²) in [4.78, 5) is 11.5. The number of carbonyl (C=O) groups is 1. The number of nitrogens with zero attached hydrogens (tertiary/aromatic N) is 1. The number of aliphatic carboxylic acids is 1. The topological polar surface area (TPSA) is 95.9 Å². The van der Waals surface area contributed by atoms with E-state index >= 15 is 0 Å². The summed E-state index contributed by atoms with van der Waals surface area (Å²) < 4.78 is 32.3. The fraction of sp³-hybridized carbons (Fsp3) is 0.471. The average Bonchev–Trinajstić information content (AvgIpc) is 2.55. The Labute approximate surface area is 148 Å². The lowest BCUT2D eigenvalue weighted by Gasteiger charge is -2.36. The van der Waals surface area contributed by atoms with E-state index in [1.807, 2.05) is 0 Å². The van der Waals surface area contributed by atoms with Crippen LogP contribution in [-0.4, -0.2) is 55.1 Å². The van der Waals surface area contributed by atoms with Crippen LogP contribution in [0, 0.1) is 11.8 Å². The summed E-state index contributed by atoms with van der Waals surface area (Å²) in [5.41, 5.74) is 0. The standard InChI is InChI=1S/C17H22N2O5S/c1-4-5-12(2)24-14-6-8-15(9-7-14)25(22,23)19-11-10-18-13(3)16(19)17(20)21/h6-9,12-13,16,18H,10-11H2,1-3H3,(H,20,21). The molecule has 0 spiro atoms. The Morgan fingerprint density at radius 2 is 2.04 bits per heavy atom. The van der Waals surface area contributed by atoms with Gasteiger partial charge in [0.25, 0.3) is 0 Å². The molecule has 7 nitrogen and oxygen atoms in total. The summed E-state index contributed by atoms with van der Waals surface area (Å²) in [7, 11) is -3.92. The van der Waals surface area contributed by atoms with Crippen molar-refractivity contribution >= 4 is 16.0 Å². The van der Waals surface area contributed by atoms with E-state index < -0.39 is 28.1 Å². The molecule has 1 aliphatic heterocycles. The minimum absolute atomic E-state index is 0.0365. The molecule has 1 aromatic rings. The summed E-state index contributed by atoms with van der Waals surface area (Å²) >= 11 is 0. The third-order valence-electron chi connectivity index (χ3n) is 3.93. The van der Waals surface area contributed by atoms with Crippen LogP contribution in [0.25, 0.3) is 0 Å². The highest BCUT2D eigenvalue weighted by Gasteiger charge is 2.41. The summed E-state index contributed by atoms with van der Waals surface area (Å²) in [6.45, 7) is 5.67. The van der Waals surface area contributed by atoms with E-state index in [-0.39, 0.29) is 17.5 Å². The van der Waals surface area contributed by atoms with Crippen molar-refractivity contribution in [3.05, 3.63) is 24.3 Å². The lowest BCUT2D eigenvalue weighted by atomic mass is 10.1. The van der Waals surface area contributed by atoms with Crippen molar-refractivity contribution in [2.24, 2.45) is 0 Å². The third-order valence-corrected chi connectivity index (χ3v) is 5.82. The lowest BCUT2D eigenvalue weighted by Crippen LogP contribution is -2.61. The van der Waals surface area contributed by atoms with Crippen molar-refractivity contribution < 1.29 is 23.1 Å². The molecule has 2 N–H and O–H groups in total. The first-order chi connectivity index (χ1) is 11.8. The van der Waals surface area contributed by atoms with Gasteiger partial charge in [-0.25, -0.2) is 8.42 Å². The number of nitrogens with one attached hydrogen (secondary N) is 1. The van der Waals surface area contributed by atoms with E-state index in [0.717, 1.165) is 4.31 Å². The highest BCUT2D eigenvalue weighted by Crippen LogP contribution is 2.24. The molecular formula is C17H22N2O5S. The minimum atomic E-state index is -3.92. The molecule has 3 unspecified atom stereocenters. The Hall–Kier alpha value is -2.08. The van der Waals surface area contributed by atoms with Crippen molar-refractivity contribution in [3.63, 3.8) is 0 Å². The van der Waals surface area contributed by atoms with Crippen LogP contribution in [0.4, 0.5) is 0 Å². The van der Waals surface area contributed by atoms with Gasteiger partial charge in [0.05, 0.1) is 4.90 Å². The van der Waals surface area contributed by atoms with Crippen LogP contribution >= 0.6 is 0 Å². The Kier molecular flexibility index (Phi) is 6.06. The molecule has 25 heavy (non-hydrogen) atoms. The van der Waals surface area contributed by atoms with Crippen molar-refractivity contribution in [1.29, 1.82) is 0 Å². The zero-order chi connectivity index (χ0) is 18.6. The monoisotopic (exact) mass is 366 g/mol. The van der Waals surface area contributed by atoms with Crippen molar-refractivity contribution in [3.8, 4) is 17.6 Å². The smallest absolute Gasteiger partial charge is 0.323 e. The second-order valence-corrected chi connectivity index (χ2v) is 7.66. The molecule has 2 rings (SSSR count). The van der Waals surface area contributed by atoms with Gasteiger partial charge >= 0.3 is 5.97 Å². The van der Waals surface area contributed by atoms with Gasteiger partial charge in [-0.05, 0) is 45.0 Å². The first kappa shape index (κ1) is 19.2. The molecule has 1 aromatic carbocycles. The van der Waals surface area contributed by atoms with Gasteiger partial charge in [0, 0.05) is 19.1 Å². The second-order valence-electron chi connectivity index (χ2n) is 5.77. The molecule has 0 aliphatic carbocycles. The number of sulfonamides is 1. The first-order valence-corrected chi connectivity index (χ1v) is 9.38. The number of piperazine rings is 1. The molecular weight excluding hydrogens is 344 g/mol. The SMILES string of the molecule is CC#CC(C)Oc1ccc(S(=O)(=O)N2CCNC(C)C2C(=O)O)cc1. The molecule has 1 saturated heterocycles. The third kappa shape index (κ3) is 4.31. The van der Waals surface area contributed by atoms with Gasteiger partial charge in [0.1, 0.15) is 11.8 Å². The predicted octanol–water partition coefficient (Wildman–Crippen LogP) is 0.913. The summed E-state index contributed by atoms with van der Waals surface area (Å²) in [6, 6.07) is 4.31. The number of carboxylic acids is 1. The average molecular weight is 366 g/mol. The molecule has 136 valence electrons. The van der Waals surface area contributed by atoms with E-state index in [0.29, 0.717) is 12.3 Å².